The summed E-state index contributed by atoms with van der Waals surface area (Å²) in [6.07, 6.45) is 0. The second kappa shape index (κ2) is 10.8. The number of carbonyl (C=O) groups is 2. The monoisotopic (exact) mass is 479 g/mol. The molecule has 1 heterocycles. The number of nitrogens with zero attached hydrogens (tertiary/aromatic N) is 1. The van der Waals surface area contributed by atoms with E-state index >= 15 is 0 Å². The van der Waals surface area contributed by atoms with Gasteiger partial charge in [0.25, 0.3) is 11.7 Å². The first-order valence-electron chi connectivity index (χ1n) is 10.0. The van der Waals surface area contributed by atoms with Crippen molar-refractivity contribution in [3.05, 3.63) is 69.2 Å². The highest BCUT2D eigenvalue weighted by molar-refractivity contribution is 6.47. The van der Waals surface area contributed by atoms with E-state index < -0.39 is 17.7 Å². The van der Waals surface area contributed by atoms with Crippen molar-refractivity contribution in [3.8, 4) is 5.75 Å². The fraction of sp³-hybridized carbons (Fsp3) is 0.304. The first kappa shape index (κ1) is 24.1. The van der Waals surface area contributed by atoms with Crippen molar-refractivity contribution in [2.45, 2.75) is 13.0 Å². The van der Waals surface area contributed by atoms with Gasteiger partial charge in [-0.2, -0.15) is 0 Å². The topological polar surface area (TPSA) is 96.3 Å². The van der Waals surface area contributed by atoms with Crippen molar-refractivity contribution in [3.63, 3.8) is 0 Å². The number of benzene rings is 2. The molecule has 1 fully saturated rings. The first-order valence-corrected chi connectivity index (χ1v) is 10.8. The van der Waals surface area contributed by atoms with Crippen molar-refractivity contribution >= 4 is 40.7 Å². The van der Waals surface area contributed by atoms with Crippen molar-refractivity contribution in [1.82, 2.24) is 4.90 Å². The normalized spacial score (nSPS) is 17.8. The van der Waals surface area contributed by atoms with E-state index in [4.69, 9.17) is 37.8 Å². The maximum Gasteiger partial charge on any atom is 0.295 e. The van der Waals surface area contributed by atoms with Crippen LogP contribution in [-0.4, -0.2) is 59.8 Å². The molecule has 1 aliphatic rings. The van der Waals surface area contributed by atoms with Crippen LogP contribution in [0.4, 0.5) is 0 Å². The van der Waals surface area contributed by atoms with Gasteiger partial charge in [-0.3, -0.25) is 9.59 Å². The zero-order valence-electron chi connectivity index (χ0n) is 17.4. The largest absolute Gasteiger partial charge is 0.507 e. The Hall–Kier alpha value is -2.58. The summed E-state index contributed by atoms with van der Waals surface area (Å²) in [6.45, 7) is 2.44. The van der Waals surface area contributed by atoms with Crippen molar-refractivity contribution in [2.75, 3.05) is 33.0 Å². The highest BCUT2D eigenvalue weighted by atomic mass is 35.5. The van der Waals surface area contributed by atoms with E-state index in [0.29, 0.717) is 28.5 Å². The number of ether oxygens (including phenoxy) is 2. The molecule has 170 valence electrons. The Balaban J connectivity index is 2.07. The fourth-order valence-corrected chi connectivity index (χ4v) is 4.03. The quantitative estimate of drug-likeness (QED) is 0.245. The molecular formula is C23H23Cl2NO6. The fourth-order valence-electron chi connectivity index (χ4n) is 3.52. The third-order valence-corrected chi connectivity index (χ3v) is 5.51. The number of hydrogen-bond acceptors (Lipinski definition) is 6. The van der Waals surface area contributed by atoms with E-state index in [9.17, 15) is 14.7 Å². The lowest BCUT2D eigenvalue weighted by Crippen LogP contribution is -2.33. The van der Waals surface area contributed by atoms with E-state index in [-0.39, 0.29) is 42.7 Å². The third-order valence-electron chi connectivity index (χ3n) is 4.95. The summed E-state index contributed by atoms with van der Waals surface area (Å²) < 4.78 is 10.7. The maximum absolute atomic E-state index is 13.0. The van der Waals surface area contributed by atoms with Gasteiger partial charge in [-0.1, -0.05) is 29.3 Å². The van der Waals surface area contributed by atoms with Gasteiger partial charge in [0.2, 0.25) is 0 Å². The highest BCUT2D eigenvalue weighted by Gasteiger charge is 2.46. The molecule has 0 aliphatic carbocycles. The number of aliphatic hydroxyl groups excluding tert-OH is 2. The van der Waals surface area contributed by atoms with E-state index in [1.165, 1.54) is 11.0 Å². The third kappa shape index (κ3) is 5.07. The number of ketones is 1. The number of hydrogen-bond donors (Lipinski definition) is 2. The van der Waals surface area contributed by atoms with Crippen LogP contribution in [0.1, 0.15) is 24.1 Å². The molecule has 1 aliphatic heterocycles. The van der Waals surface area contributed by atoms with Gasteiger partial charge in [-0.15, -0.1) is 0 Å². The molecule has 0 radical (unpaired) electrons. The maximum atomic E-state index is 13.0. The Morgan fingerprint density at radius 1 is 1.09 bits per heavy atom. The zero-order chi connectivity index (χ0) is 23.3. The van der Waals surface area contributed by atoms with Crippen LogP contribution in [0.2, 0.25) is 10.0 Å². The smallest absolute Gasteiger partial charge is 0.295 e. The average molecular weight is 480 g/mol. The van der Waals surface area contributed by atoms with Crippen LogP contribution in [0.15, 0.2) is 48.0 Å². The average Bonchev–Trinajstić information content (AvgIpc) is 3.02. The van der Waals surface area contributed by atoms with Crippen LogP contribution >= 0.6 is 23.2 Å². The molecule has 0 spiro atoms. The predicted molar refractivity (Wildman–Crippen MR) is 121 cm³/mol. The van der Waals surface area contributed by atoms with Crippen molar-refractivity contribution in [1.29, 1.82) is 0 Å². The lowest BCUT2D eigenvalue weighted by atomic mass is 9.95. The molecule has 9 heteroatoms. The number of amides is 1. The summed E-state index contributed by atoms with van der Waals surface area (Å²) in [5.41, 5.74) is 0.730. The molecule has 2 aromatic rings. The summed E-state index contributed by atoms with van der Waals surface area (Å²) in [6, 6.07) is 10.4. The van der Waals surface area contributed by atoms with E-state index in [1.807, 2.05) is 6.92 Å². The summed E-state index contributed by atoms with van der Waals surface area (Å²) in [7, 11) is 0. The Bertz CT molecular complexity index is 1020. The van der Waals surface area contributed by atoms with Crippen LogP contribution in [0.25, 0.3) is 5.76 Å². The Kier molecular flexibility index (Phi) is 8.15. The van der Waals surface area contributed by atoms with Crippen LogP contribution in [0, 0.1) is 0 Å². The minimum Gasteiger partial charge on any atom is -0.507 e. The second-order valence-electron chi connectivity index (χ2n) is 6.95. The summed E-state index contributed by atoms with van der Waals surface area (Å²) in [5.74, 6) is -1.31. The first-order chi connectivity index (χ1) is 15.4. The molecule has 3 rings (SSSR count). The summed E-state index contributed by atoms with van der Waals surface area (Å²) in [5, 5.41) is 20.6. The van der Waals surface area contributed by atoms with Crippen LogP contribution in [0.3, 0.4) is 0 Å². The van der Waals surface area contributed by atoms with E-state index in [0.717, 1.165) is 0 Å². The number of likely N-dealkylation sites (tertiary alicyclic amines) is 1. The summed E-state index contributed by atoms with van der Waals surface area (Å²) in [4.78, 5) is 27.1. The van der Waals surface area contributed by atoms with Gasteiger partial charge in [-0.25, -0.2) is 0 Å². The summed E-state index contributed by atoms with van der Waals surface area (Å²) >= 11 is 12.4. The minimum absolute atomic E-state index is 0.0637. The van der Waals surface area contributed by atoms with Crippen molar-refractivity contribution in [2.24, 2.45) is 0 Å². The second-order valence-corrected chi connectivity index (χ2v) is 7.80. The highest BCUT2D eigenvalue weighted by Crippen LogP contribution is 2.42. The molecular weight excluding hydrogens is 457 g/mol. The van der Waals surface area contributed by atoms with Crippen molar-refractivity contribution < 1.29 is 29.3 Å². The Morgan fingerprint density at radius 3 is 2.44 bits per heavy atom. The molecule has 2 aromatic carbocycles. The number of rotatable bonds is 9. The molecule has 1 amide bonds. The molecule has 1 unspecified atom stereocenters. The predicted octanol–water partition coefficient (Wildman–Crippen LogP) is 3.82. The SMILES string of the molecule is CCOc1ccc(/C(O)=C2/C(=O)C(=O)N(CCOCCO)C2c2ccc(Cl)cc2Cl)cc1. The molecule has 0 bridgehead atoms. The van der Waals surface area contributed by atoms with Gasteiger partial charge < -0.3 is 24.6 Å². The van der Waals surface area contributed by atoms with E-state index in [2.05, 4.69) is 0 Å². The van der Waals surface area contributed by atoms with Gasteiger partial charge in [0.15, 0.2) is 0 Å². The standard InChI is InChI=1S/C23H23Cl2NO6/c1-2-32-16-6-3-14(4-7-16)21(28)19-20(17-8-5-15(24)13-18(17)25)26(23(30)22(19)29)9-11-31-12-10-27/h3-8,13,20,27-28H,2,9-12H2,1H3/b21-19-. The Labute approximate surface area is 195 Å². The molecule has 32 heavy (non-hydrogen) atoms. The molecule has 1 atom stereocenters. The molecule has 0 aromatic heterocycles. The van der Waals surface area contributed by atoms with E-state index in [1.54, 1.807) is 36.4 Å². The molecule has 0 saturated carbocycles. The van der Waals surface area contributed by atoms with Crippen LogP contribution in [-0.2, 0) is 14.3 Å². The number of carbonyl (C=O) groups excluding carboxylic acids is 2. The Morgan fingerprint density at radius 2 is 1.81 bits per heavy atom. The van der Waals surface area contributed by atoms with Crippen LogP contribution in [0.5, 0.6) is 5.75 Å². The lowest BCUT2D eigenvalue weighted by Gasteiger charge is -2.26. The number of Topliss-reactive ketones (excluding diaryl/α,β-unsaturated/α-hetero) is 1. The van der Waals surface area contributed by atoms with Crippen LogP contribution < -0.4 is 4.74 Å². The van der Waals surface area contributed by atoms with Gasteiger partial charge in [0.1, 0.15) is 11.5 Å². The van der Waals surface area contributed by atoms with Gasteiger partial charge in [0.05, 0.1) is 38.0 Å². The molecule has 2 N–H and O–H groups in total. The number of aliphatic hydroxyl groups is 2. The minimum atomic E-state index is -0.927. The molecule has 7 nitrogen and oxygen atoms in total. The molecule has 1 saturated heterocycles. The van der Waals surface area contributed by atoms with Gasteiger partial charge in [0, 0.05) is 22.2 Å². The lowest BCUT2D eigenvalue weighted by molar-refractivity contribution is -0.140. The zero-order valence-corrected chi connectivity index (χ0v) is 18.9. The number of halogens is 2. The van der Waals surface area contributed by atoms with Gasteiger partial charge >= 0.3 is 0 Å². The van der Waals surface area contributed by atoms with Gasteiger partial charge in [-0.05, 0) is 48.9 Å².